The largest absolute Gasteiger partial charge is 0.478 e. The maximum atomic E-state index is 12.2. The van der Waals surface area contributed by atoms with Gasteiger partial charge in [0.2, 0.25) is 5.91 Å². The summed E-state index contributed by atoms with van der Waals surface area (Å²) in [4.78, 5) is 24.7. The zero-order valence-electron chi connectivity index (χ0n) is 10.9. The van der Waals surface area contributed by atoms with Crippen LogP contribution in [0.2, 0.25) is 0 Å². The topological polar surface area (TPSA) is 57.6 Å². The van der Waals surface area contributed by atoms with Crippen molar-refractivity contribution in [3.63, 3.8) is 0 Å². The lowest BCUT2D eigenvalue weighted by Crippen LogP contribution is -2.28. The van der Waals surface area contributed by atoms with Crippen LogP contribution in [0.5, 0.6) is 0 Å². The molecule has 3 rings (SSSR count). The van der Waals surface area contributed by atoms with Crippen molar-refractivity contribution >= 4 is 11.9 Å². The first-order valence-electron chi connectivity index (χ1n) is 6.59. The van der Waals surface area contributed by atoms with Gasteiger partial charge < -0.3 is 10.0 Å². The number of nitrogens with zero attached hydrogens (tertiary/aromatic N) is 1. The maximum Gasteiger partial charge on any atom is 0.335 e. The molecule has 1 atom stereocenters. The number of carboxylic acid groups (broad SMARTS) is 1. The lowest BCUT2D eigenvalue weighted by Gasteiger charge is -2.17. The van der Waals surface area contributed by atoms with E-state index in [-0.39, 0.29) is 17.4 Å². The summed E-state index contributed by atoms with van der Waals surface area (Å²) in [6.45, 7) is 0.547. The SMILES string of the molecule is CN(Cc1ccc(C(=O)O)cc1)C(=O)C1CC12CC2. The Morgan fingerprint density at radius 3 is 2.42 bits per heavy atom. The van der Waals surface area contributed by atoms with E-state index in [1.54, 1.807) is 29.2 Å². The van der Waals surface area contributed by atoms with E-state index in [2.05, 4.69) is 0 Å². The summed E-state index contributed by atoms with van der Waals surface area (Å²) in [5.74, 6) is -0.444. The maximum absolute atomic E-state index is 12.2. The minimum atomic E-state index is -0.926. The van der Waals surface area contributed by atoms with Gasteiger partial charge in [0, 0.05) is 19.5 Å². The molecule has 19 heavy (non-hydrogen) atoms. The molecule has 1 aromatic carbocycles. The van der Waals surface area contributed by atoms with Crippen LogP contribution in [0.4, 0.5) is 0 Å². The monoisotopic (exact) mass is 259 g/mol. The van der Waals surface area contributed by atoms with Crippen molar-refractivity contribution in [2.45, 2.75) is 25.8 Å². The Labute approximate surface area is 112 Å². The molecule has 1 unspecified atom stereocenters. The van der Waals surface area contributed by atoms with E-state index in [9.17, 15) is 9.59 Å². The molecule has 100 valence electrons. The number of benzene rings is 1. The zero-order chi connectivity index (χ0) is 13.6. The first-order chi connectivity index (χ1) is 9.02. The molecule has 0 aromatic heterocycles. The van der Waals surface area contributed by atoms with Crippen LogP contribution in [-0.2, 0) is 11.3 Å². The minimum absolute atomic E-state index is 0.236. The molecule has 1 N–H and O–H groups in total. The summed E-state index contributed by atoms with van der Waals surface area (Å²) in [5, 5.41) is 8.83. The van der Waals surface area contributed by atoms with E-state index < -0.39 is 5.97 Å². The standard InChI is InChI=1S/C15H17NO3/c1-16(13(17)12-8-15(12)6-7-15)9-10-2-4-11(5-3-10)14(18)19/h2-5,12H,6-9H2,1H3,(H,18,19). The third-order valence-electron chi connectivity index (χ3n) is 4.38. The summed E-state index contributed by atoms with van der Waals surface area (Å²) < 4.78 is 0. The van der Waals surface area contributed by atoms with E-state index in [1.165, 1.54) is 12.8 Å². The van der Waals surface area contributed by atoms with E-state index in [0.29, 0.717) is 12.0 Å². The molecule has 0 saturated heterocycles. The number of rotatable bonds is 4. The third-order valence-corrected chi connectivity index (χ3v) is 4.38. The number of aromatic carboxylic acids is 1. The summed E-state index contributed by atoms with van der Waals surface area (Å²) >= 11 is 0. The number of carboxylic acids is 1. The van der Waals surface area contributed by atoms with E-state index in [0.717, 1.165) is 12.0 Å². The summed E-state index contributed by atoms with van der Waals surface area (Å²) in [6.07, 6.45) is 3.49. The molecule has 0 radical (unpaired) electrons. The van der Waals surface area contributed by atoms with Gasteiger partial charge in [-0.3, -0.25) is 4.79 Å². The number of hydrogen-bond acceptors (Lipinski definition) is 2. The van der Waals surface area contributed by atoms with Gasteiger partial charge in [-0.05, 0) is 42.4 Å². The Balaban J connectivity index is 1.61. The highest BCUT2D eigenvalue weighted by molar-refractivity contribution is 5.87. The smallest absolute Gasteiger partial charge is 0.335 e. The predicted octanol–water partition coefficient (Wildman–Crippen LogP) is 2.14. The first-order valence-corrected chi connectivity index (χ1v) is 6.59. The highest BCUT2D eigenvalue weighted by atomic mass is 16.4. The van der Waals surface area contributed by atoms with Crippen LogP contribution in [0, 0.1) is 11.3 Å². The van der Waals surface area contributed by atoms with Gasteiger partial charge in [-0.2, -0.15) is 0 Å². The van der Waals surface area contributed by atoms with Crippen molar-refractivity contribution in [1.82, 2.24) is 4.90 Å². The van der Waals surface area contributed by atoms with Crippen molar-refractivity contribution in [3.8, 4) is 0 Å². The van der Waals surface area contributed by atoms with Crippen molar-refractivity contribution in [1.29, 1.82) is 0 Å². The number of amides is 1. The van der Waals surface area contributed by atoms with Gasteiger partial charge in [-0.25, -0.2) is 4.79 Å². The molecule has 1 aromatic rings. The van der Waals surface area contributed by atoms with Gasteiger partial charge in [0.15, 0.2) is 0 Å². The second-order valence-corrected chi connectivity index (χ2v) is 5.82. The highest BCUT2D eigenvalue weighted by Gasteiger charge is 2.66. The highest BCUT2D eigenvalue weighted by Crippen LogP contribution is 2.70. The van der Waals surface area contributed by atoms with Gasteiger partial charge in [0.25, 0.3) is 0 Å². The average Bonchev–Trinajstić information content (AvgIpc) is 3.30. The van der Waals surface area contributed by atoms with Crippen LogP contribution < -0.4 is 0 Å². The van der Waals surface area contributed by atoms with Gasteiger partial charge in [-0.1, -0.05) is 12.1 Å². The summed E-state index contributed by atoms with van der Waals surface area (Å²) in [6, 6.07) is 6.70. The fraction of sp³-hybridized carbons (Fsp3) is 0.467. The fourth-order valence-electron chi connectivity index (χ4n) is 2.78. The molecule has 1 amide bonds. The molecule has 1 spiro atoms. The molecular formula is C15H17NO3. The Kier molecular flexibility index (Phi) is 2.62. The molecule has 2 aliphatic rings. The molecule has 0 aliphatic heterocycles. The van der Waals surface area contributed by atoms with Crippen molar-refractivity contribution < 1.29 is 14.7 Å². The van der Waals surface area contributed by atoms with Crippen LogP contribution in [0.15, 0.2) is 24.3 Å². The predicted molar refractivity (Wildman–Crippen MR) is 69.6 cm³/mol. The van der Waals surface area contributed by atoms with E-state index >= 15 is 0 Å². The fourth-order valence-corrected chi connectivity index (χ4v) is 2.78. The van der Waals surface area contributed by atoms with Crippen LogP contribution in [-0.4, -0.2) is 28.9 Å². The van der Waals surface area contributed by atoms with Crippen molar-refractivity contribution in [3.05, 3.63) is 35.4 Å². The Morgan fingerprint density at radius 2 is 1.95 bits per heavy atom. The normalized spacial score (nSPS) is 22.1. The van der Waals surface area contributed by atoms with Gasteiger partial charge in [0.05, 0.1) is 5.56 Å². The summed E-state index contributed by atoms with van der Waals surface area (Å²) in [7, 11) is 1.82. The molecule has 2 aliphatic carbocycles. The Morgan fingerprint density at radius 1 is 1.32 bits per heavy atom. The van der Waals surface area contributed by atoms with Gasteiger partial charge in [-0.15, -0.1) is 0 Å². The van der Waals surface area contributed by atoms with Gasteiger partial charge >= 0.3 is 5.97 Å². The summed E-state index contributed by atoms with van der Waals surface area (Å²) in [5.41, 5.74) is 1.63. The second kappa shape index (κ2) is 4.08. The first kappa shape index (κ1) is 12.2. The van der Waals surface area contributed by atoms with Crippen LogP contribution in [0.3, 0.4) is 0 Å². The van der Waals surface area contributed by atoms with Gasteiger partial charge in [0.1, 0.15) is 0 Å². The average molecular weight is 259 g/mol. The zero-order valence-corrected chi connectivity index (χ0v) is 10.9. The van der Waals surface area contributed by atoms with Crippen molar-refractivity contribution in [2.75, 3.05) is 7.05 Å². The van der Waals surface area contributed by atoms with Crippen LogP contribution in [0.25, 0.3) is 0 Å². The Hall–Kier alpha value is -1.84. The van der Waals surface area contributed by atoms with Crippen molar-refractivity contribution in [2.24, 2.45) is 11.3 Å². The van der Waals surface area contributed by atoms with E-state index in [4.69, 9.17) is 5.11 Å². The lowest BCUT2D eigenvalue weighted by atomic mass is 10.1. The van der Waals surface area contributed by atoms with Crippen LogP contribution in [0.1, 0.15) is 35.2 Å². The Bertz CT molecular complexity index is 531. The molecule has 2 fully saturated rings. The molecule has 4 heteroatoms. The molecule has 0 bridgehead atoms. The molecule has 4 nitrogen and oxygen atoms in total. The van der Waals surface area contributed by atoms with Crippen LogP contribution >= 0.6 is 0 Å². The second-order valence-electron chi connectivity index (χ2n) is 5.82. The molecular weight excluding hydrogens is 242 g/mol. The lowest BCUT2D eigenvalue weighted by molar-refractivity contribution is -0.132. The molecule has 0 heterocycles. The third kappa shape index (κ3) is 2.23. The number of carbonyl (C=O) groups is 2. The molecule has 2 saturated carbocycles. The minimum Gasteiger partial charge on any atom is -0.478 e. The number of carbonyl (C=O) groups excluding carboxylic acids is 1. The van der Waals surface area contributed by atoms with E-state index in [1.807, 2.05) is 7.05 Å². The number of hydrogen-bond donors (Lipinski definition) is 1. The quantitative estimate of drug-likeness (QED) is 0.901.